The van der Waals surface area contributed by atoms with E-state index in [1.807, 2.05) is 12.1 Å². The molecule has 0 saturated carbocycles. The molecule has 0 aliphatic carbocycles. The van der Waals surface area contributed by atoms with E-state index in [-0.39, 0.29) is 0 Å². The molecule has 0 fully saturated rings. The van der Waals surface area contributed by atoms with Gasteiger partial charge >= 0.3 is 5.97 Å². The van der Waals surface area contributed by atoms with Crippen molar-refractivity contribution < 1.29 is 9.90 Å². The maximum atomic E-state index is 10.6. The van der Waals surface area contributed by atoms with Crippen molar-refractivity contribution in [2.45, 2.75) is 25.6 Å². The summed E-state index contributed by atoms with van der Waals surface area (Å²) < 4.78 is 0. The van der Waals surface area contributed by atoms with Crippen molar-refractivity contribution in [3.63, 3.8) is 0 Å². The predicted octanol–water partition coefficient (Wildman–Crippen LogP) is 3.37. The Morgan fingerprint density at radius 3 is 2.27 bits per heavy atom. The molecule has 0 aliphatic heterocycles. The fourth-order valence-corrected chi connectivity index (χ4v) is 2.42. The Bertz CT molecular complexity index is 341. The largest absolute Gasteiger partial charge is 0.478 e. The van der Waals surface area contributed by atoms with Gasteiger partial charge in [0.05, 0.1) is 5.56 Å². The fourth-order valence-electron chi connectivity index (χ4n) is 1.26. The van der Waals surface area contributed by atoms with Crippen molar-refractivity contribution in [2.24, 2.45) is 0 Å². The zero-order valence-corrected chi connectivity index (χ0v) is 10.7. The van der Waals surface area contributed by atoms with Crippen LogP contribution in [0, 0.1) is 0 Å². The Morgan fingerprint density at radius 1 is 1.33 bits per heavy atom. The van der Waals surface area contributed by atoms with Crippen LogP contribution >= 0.6 is 11.1 Å². The molecule has 0 amide bonds. The van der Waals surface area contributed by atoms with Gasteiger partial charge in [0.15, 0.2) is 7.38 Å². The zero-order chi connectivity index (χ0) is 11.5. The molecule has 1 aromatic carbocycles. The summed E-state index contributed by atoms with van der Waals surface area (Å²) in [4.78, 5) is 10.6. The smallest absolute Gasteiger partial charge is 0.335 e. The third-order valence-electron chi connectivity index (χ3n) is 2.21. The van der Waals surface area contributed by atoms with Crippen LogP contribution in [0.3, 0.4) is 0 Å². The third kappa shape index (κ3) is 4.49. The van der Waals surface area contributed by atoms with Crippen molar-refractivity contribution in [1.82, 2.24) is 0 Å². The Balaban J connectivity index is 2.61. The third-order valence-corrected chi connectivity index (χ3v) is 4.21. The standard InChI is InChI=1S/C11H15ClO2Si/c1-15(2,12)8-7-9-3-5-10(6-4-9)11(13)14/h3-6H,7-8H2,1-2H3,(H,13,14). The highest BCUT2D eigenvalue weighted by Gasteiger charge is 2.16. The van der Waals surface area contributed by atoms with E-state index in [2.05, 4.69) is 13.1 Å². The molecule has 15 heavy (non-hydrogen) atoms. The molecule has 0 radical (unpaired) electrons. The monoisotopic (exact) mass is 242 g/mol. The van der Waals surface area contributed by atoms with Crippen LogP contribution in [0.1, 0.15) is 15.9 Å². The van der Waals surface area contributed by atoms with Crippen LogP contribution in [0.25, 0.3) is 0 Å². The molecule has 1 aromatic rings. The number of carboxylic acids is 1. The van der Waals surface area contributed by atoms with E-state index in [9.17, 15) is 4.79 Å². The molecule has 1 rings (SSSR count). The van der Waals surface area contributed by atoms with Gasteiger partial charge in [0.1, 0.15) is 0 Å². The molecular weight excluding hydrogens is 228 g/mol. The normalized spacial score (nSPS) is 11.4. The number of rotatable bonds is 4. The summed E-state index contributed by atoms with van der Waals surface area (Å²) in [5.41, 5.74) is 1.49. The average Bonchev–Trinajstić information content (AvgIpc) is 2.14. The molecule has 0 heterocycles. The van der Waals surface area contributed by atoms with Crippen molar-refractivity contribution >= 4 is 24.4 Å². The van der Waals surface area contributed by atoms with Crippen LogP contribution in [0.15, 0.2) is 24.3 Å². The molecule has 82 valence electrons. The second kappa shape index (κ2) is 4.81. The molecular formula is C11H15ClO2Si. The van der Waals surface area contributed by atoms with Gasteiger partial charge in [-0.25, -0.2) is 4.79 Å². The number of carbonyl (C=O) groups is 1. The molecule has 0 unspecified atom stereocenters. The summed E-state index contributed by atoms with van der Waals surface area (Å²) >= 11 is 6.21. The van der Waals surface area contributed by atoms with E-state index in [0.29, 0.717) is 5.56 Å². The van der Waals surface area contributed by atoms with Gasteiger partial charge in [-0.05, 0) is 30.2 Å². The van der Waals surface area contributed by atoms with Gasteiger partial charge in [-0.2, -0.15) is 11.1 Å². The van der Waals surface area contributed by atoms with E-state index in [4.69, 9.17) is 16.2 Å². The molecule has 0 aromatic heterocycles. The topological polar surface area (TPSA) is 37.3 Å². The minimum absolute atomic E-state index is 0.334. The van der Waals surface area contributed by atoms with Gasteiger partial charge in [0.2, 0.25) is 0 Å². The number of hydrogen-bond acceptors (Lipinski definition) is 1. The number of benzene rings is 1. The highest BCUT2D eigenvalue weighted by molar-refractivity contribution is 7.19. The quantitative estimate of drug-likeness (QED) is 0.649. The lowest BCUT2D eigenvalue weighted by Crippen LogP contribution is -2.16. The molecule has 0 atom stereocenters. The van der Waals surface area contributed by atoms with E-state index >= 15 is 0 Å². The van der Waals surface area contributed by atoms with Crippen LogP contribution < -0.4 is 0 Å². The van der Waals surface area contributed by atoms with E-state index in [1.165, 1.54) is 0 Å². The molecule has 0 bridgehead atoms. The molecule has 1 N–H and O–H groups in total. The van der Waals surface area contributed by atoms with Crippen LogP contribution in [0.2, 0.25) is 19.1 Å². The first-order chi connectivity index (χ1) is 6.88. The van der Waals surface area contributed by atoms with Crippen LogP contribution in [0.5, 0.6) is 0 Å². The molecule has 4 heteroatoms. The minimum atomic E-state index is -1.52. The summed E-state index contributed by atoms with van der Waals surface area (Å²) in [5, 5.41) is 8.72. The highest BCUT2D eigenvalue weighted by Crippen LogP contribution is 2.18. The number of hydrogen-bond donors (Lipinski definition) is 1. The van der Waals surface area contributed by atoms with Crippen molar-refractivity contribution in [3.05, 3.63) is 35.4 Å². The minimum Gasteiger partial charge on any atom is -0.478 e. The number of aryl methyl sites for hydroxylation is 1. The van der Waals surface area contributed by atoms with Crippen LogP contribution in [-0.2, 0) is 6.42 Å². The van der Waals surface area contributed by atoms with Gasteiger partial charge in [0, 0.05) is 0 Å². The fraction of sp³-hybridized carbons (Fsp3) is 0.364. The molecule has 2 nitrogen and oxygen atoms in total. The van der Waals surface area contributed by atoms with E-state index in [1.54, 1.807) is 12.1 Å². The first-order valence-electron chi connectivity index (χ1n) is 4.90. The van der Waals surface area contributed by atoms with Gasteiger partial charge in [-0.15, -0.1) is 0 Å². The predicted molar refractivity (Wildman–Crippen MR) is 65.2 cm³/mol. The maximum absolute atomic E-state index is 10.6. The van der Waals surface area contributed by atoms with Crippen LogP contribution in [0.4, 0.5) is 0 Å². The Hall–Kier alpha value is -0.803. The highest BCUT2D eigenvalue weighted by atomic mass is 35.6. The summed E-state index contributed by atoms with van der Waals surface area (Å²) in [6.07, 6.45) is 0.933. The Morgan fingerprint density at radius 2 is 1.87 bits per heavy atom. The van der Waals surface area contributed by atoms with E-state index in [0.717, 1.165) is 18.0 Å². The maximum Gasteiger partial charge on any atom is 0.335 e. The number of carboxylic acid groups (broad SMARTS) is 1. The molecule has 0 aliphatic rings. The number of halogens is 1. The first-order valence-corrected chi connectivity index (χ1v) is 9.11. The average molecular weight is 243 g/mol. The van der Waals surface area contributed by atoms with Gasteiger partial charge in [-0.3, -0.25) is 0 Å². The Labute approximate surface area is 95.6 Å². The van der Waals surface area contributed by atoms with Gasteiger partial charge < -0.3 is 5.11 Å². The van der Waals surface area contributed by atoms with E-state index < -0.39 is 13.4 Å². The summed E-state index contributed by atoms with van der Waals surface area (Å²) in [7, 11) is -1.52. The van der Waals surface area contributed by atoms with Gasteiger partial charge in [-0.1, -0.05) is 25.2 Å². The van der Waals surface area contributed by atoms with Crippen LogP contribution in [-0.4, -0.2) is 18.5 Å². The summed E-state index contributed by atoms with van der Waals surface area (Å²) in [6, 6.07) is 8.02. The Kier molecular flexibility index (Phi) is 3.94. The first kappa shape index (κ1) is 12.3. The lowest BCUT2D eigenvalue weighted by Gasteiger charge is -2.12. The second-order valence-electron chi connectivity index (χ2n) is 4.22. The zero-order valence-electron chi connectivity index (χ0n) is 8.96. The summed E-state index contributed by atoms with van der Waals surface area (Å²) in [6.45, 7) is 4.22. The van der Waals surface area contributed by atoms with Crippen molar-refractivity contribution in [1.29, 1.82) is 0 Å². The van der Waals surface area contributed by atoms with Gasteiger partial charge in [0.25, 0.3) is 0 Å². The SMILES string of the molecule is C[Si](C)(Cl)CCc1ccc(C(=O)O)cc1. The lowest BCUT2D eigenvalue weighted by atomic mass is 10.1. The second-order valence-corrected chi connectivity index (χ2v) is 11.2. The number of aromatic carboxylic acids is 1. The molecule has 0 saturated heterocycles. The van der Waals surface area contributed by atoms with Crippen molar-refractivity contribution in [2.75, 3.05) is 0 Å². The summed E-state index contributed by atoms with van der Waals surface area (Å²) in [5.74, 6) is -0.881. The molecule has 0 spiro atoms. The van der Waals surface area contributed by atoms with Crippen molar-refractivity contribution in [3.8, 4) is 0 Å². The lowest BCUT2D eigenvalue weighted by molar-refractivity contribution is 0.0697.